The van der Waals surface area contributed by atoms with Gasteiger partial charge in [0, 0.05) is 24.2 Å². The predicted octanol–water partition coefficient (Wildman–Crippen LogP) is 1.18. The second kappa shape index (κ2) is 8.73. The van der Waals surface area contributed by atoms with Crippen molar-refractivity contribution in [3.05, 3.63) is 39.9 Å². The van der Waals surface area contributed by atoms with Crippen molar-refractivity contribution in [2.45, 2.75) is 25.4 Å². The minimum absolute atomic E-state index is 0.0233. The smallest absolute Gasteiger partial charge is 0.307 e. The normalized spacial score (nSPS) is 10.3. The Morgan fingerprint density at radius 1 is 1.18 bits per heavy atom. The Kier molecular flexibility index (Phi) is 6.97. The number of nitro benzene ring substituents is 1. The molecule has 0 heterocycles. The summed E-state index contributed by atoms with van der Waals surface area (Å²) in [5, 5.41) is 13.9. The van der Waals surface area contributed by atoms with Crippen molar-refractivity contribution < 1.29 is 24.0 Å². The zero-order valence-electron chi connectivity index (χ0n) is 12.4. The van der Waals surface area contributed by atoms with Gasteiger partial charge in [-0.1, -0.05) is 18.2 Å². The molecule has 1 aromatic carbocycles. The Morgan fingerprint density at radius 2 is 1.73 bits per heavy atom. The first-order valence-electron chi connectivity index (χ1n) is 6.57. The van der Waals surface area contributed by atoms with Crippen LogP contribution in [0.15, 0.2) is 24.3 Å². The van der Waals surface area contributed by atoms with Gasteiger partial charge in [-0.3, -0.25) is 19.7 Å². The number of nitrogens with one attached hydrogen (secondary N) is 1. The number of methoxy groups -OCH3 is 2. The fourth-order valence-corrected chi connectivity index (χ4v) is 1.88. The van der Waals surface area contributed by atoms with Gasteiger partial charge in [-0.15, -0.1) is 0 Å². The quantitative estimate of drug-likeness (QED) is 0.436. The molecule has 120 valence electrons. The van der Waals surface area contributed by atoms with Crippen molar-refractivity contribution in [3.8, 4) is 0 Å². The highest BCUT2D eigenvalue weighted by Crippen LogP contribution is 2.17. The third kappa shape index (κ3) is 5.49. The lowest BCUT2D eigenvalue weighted by Gasteiger charge is -2.16. The average molecular weight is 310 g/mol. The standard InChI is InChI=1S/C14H18N2O6/c1-21-13(17)7-11(8-14(18)22-2)15-9-10-5-3-4-6-12(10)16(19)20/h3-6,11,15H,7-9H2,1-2H3. The van der Waals surface area contributed by atoms with E-state index in [0.29, 0.717) is 5.56 Å². The first-order chi connectivity index (χ1) is 10.5. The Hall–Kier alpha value is -2.48. The van der Waals surface area contributed by atoms with E-state index >= 15 is 0 Å². The first kappa shape index (κ1) is 17.6. The van der Waals surface area contributed by atoms with Gasteiger partial charge in [0.15, 0.2) is 0 Å². The molecule has 0 radical (unpaired) electrons. The summed E-state index contributed by atoms with van der Waals surface area (Å²) in [5.41, 5.74) is 0.442. The van der Waals surface area contributed by atoms with Gasteiger partial charge in [-0.05, 0) is 0 Å². The van der Waals surface area contributed by atoms with E-state index in [4.69, 9.17) is 0 Å². The SMILES string of the molecule is COC(=O)CC(CC(=O)OC)NCc1ccccc1[N+](=O)[O-]. The van der Waals surface area contributed by atoms with E-state index in [1.807, 2.05) is 0 Å². The third-order valence-electron chi connectivity index (χ3n) is 3.05. The second-order valence-corrected chi connectivity index (χ2v) is 4.52. The monoisotopic (exact) mass is 310 g/mol. The van der Waals surface area contributed by atoms with Gasteiger partial charge in [-0.2, -0.15) is 0 Å². The van der Waals surface area contributed by atoms with Crippen molar-refractivity contribution in [2.75, 3.05) is 14.2 Å². The molecule has 0 atom stereocenters. The Bertz CT molecular complexity index is 528. The van der Waals surface area contributed by atoms with Crippen LogP contribution in [-0.2, 0) is 25.6 Å². The third-order valence-corrected chi connectivity index (χ3v) is 3.05. The van der Waals surface area contributed by atoms with Crippen LogP contribution in [0.2, 0.25) is 0 Å². The number of carbonyl (C=O) groups excluding carboxylic acids is 2. The van der Waals surface area contributed by atoms with Gasteiger partial charge in [0.05, 0.1) is 32.0 Å². The van der Waals surface area contributed by atoms with Crippen LogP contribution in [0.1, 0.15) is 18.4 Å². The minimum atomic E-state index is -0.528. The van der Waals surface area contributed by atoms with Crippen molar-refractivity contribution in [3.63, 3.8) is 0 Å². The molecule has 0 aliphatic heterocycles. The lowest BCUT2D eigenvalue weighted by atomic mass is 10.1. The van der Waals surface area contributed by atoms with Gasteiger partial charge in [-0.25, -0.2) is 0 Å². The average Bonchev–Trinajstić information content (AvgIpc) is 2.52. The van der Waals surface area contributed by atoms with E-state index in [0.717, 1.165) is 0 Å². The number of hydrogen-bond acceptors (Lipinski definition) is 7. The molecule has 0 aliphatic carbocycles. The summed E-state index contributed by atoms with van der Waals surface area (Å²) in [6, 6.07) is 5.73. The maximum Gasteiger partial charge on any atom is 0.307 e. The molecular weight excluding hydrogens is 292 g/mol. The highest BCUT2D eigenvalue weighted by molar-refractivity contribution is 5.73. The molecule has 0 unspecified atom stereocenters. The number of hydrogen-bond donors (Lipinski definition) is 1. The summed E-state index contributed by atoms with van der Waals surface area (Å²) in [7, 11) is 2.50. The van der Waals surface area contributed by atoms with Gasteiger partial charge in [0.25, 0.3) is 5.69 Å². The molecule has 8 heteroatoms. The zero-order valence-corrected chi connectivity index (χ0v) is 12.4. The summed E-state index contributed by atoms with van der Waals surface area (Å²) < 4.78 is 9.14. The van der Waals surface area contributed by atoms with E-state index in [2.05, 4.69) is 14.8 Å². The number of carbonyl (C=O) groups is 2. The number of esters is 2. The van der Waals surface area contributed by atoms with E-state index < -0.39 is 22.9 Å². The summed E-state index contributed by atoms with van der Waals surface area (Å²) in [6.45, 7) is 0.149. The fraction of sp³-hybridized carbons (Fsp3) is 0.429. The molecular formula is C14H18N2O6. The van der Waals surface area contributed by atoms with Crippen molar-refractivity contribution in [1.29, 1.82) is 0 Å². The molecule has 0 saturated carbocycles. The molecule has 1 rings (SSSR count). The van der Waals surface area contributed by atoms with Crippen LogP contribution in [0.4, 0.5) is 5.69 Å². The van der Waals surface area contributed by atoms with E-state index in [-0.39, 0.29) is 25.1 Å². The number of ether oxygens (including phenoxy) is 2. The second-order valence-electron chi connectivity index (χ2n) is 4.52. The molecule has 22 heavy (non-hydrogen) atoms. The van der Waals surface area contributed by atoms with Crippen LogP contribution in [0.3, 0.4) is 0 Å². The summed E-state index contributed by atoms with van der Waals surface area (Å²) in [4.78, 5) is 33.2. The van der Waals surface area contributed by atoms with Crippen molar-refractivity contribution in [2.24, 2.45) is 0 Å². The lowest BCUT2D eigenvalue weighted by Crippen LogP contribution is -2.34. The van der Waals surface area contributed by atoms with Gasteiger partial charge in [0.2, 0.25) is 0 Å². The number of rotatable bonds is 8. The van der Waals surface area contributed by atoms with Crippen LogP contribution in [0, 0.1) is 10.1 Å². The Balaban J connectivity index is 2.75. The lowest BCUT2D eigenvalue weighted by molar-refractivity contribution is -0.385. The molecule has 0 aromatic heterocycles. The van der Waals surface area contributed by atoms with Crippen LogP contribution in [-0.4, -0.2) is 37.1 Å². The number of benzene rings is 1. The van der Waals surface area contributed by atoms with Crippen molar-refractivity contribution >= 4 is 17.6 Å². The van der Waals surface area contributed by atoms with Crippen LogP contribution in [0.25, 0.3) is 0 Å². The first-order valence-corrected chi connectivity index (χ1v) is 6.57. The molecule has 1 aromatic rings. The van der Waals surface area contributed by atoms with Crippen molar-refractivity contribution in [1.82, 2.24) is 5.32 Å². The van der Waals surface area contributed by atoms with Crippen LogP contribution in [0.5, 0.6) is 0 Å². The topological polar surface area (TPSA) is 108 Å². The van der Waals surface area contributed by atoms with Crippen LogP contribution >= 0.6 is 0 Å². The predicted molar refractivity (Wildman–Crippen MR) is 77.0 cm³/mol. The van der Waals surface area contributed by atoms with Crippen LogP contribution < -0.4 is 5.32 Å². The highest BCUT2D eigenvalue weighted by atomic mass is 16.6. The van der Waals surface area contributed by atoms with E-state index in [1.165, 1.54) is 20.3 Å². The highest BCUT2D eigenvalue weighted by Gasteiger charge is 2.20. The zero-order chi connectivity index (χ0) is 16.5. The summed E-state index contributed by atoms with van der Waals surface area (Å²) >= 11 is 0. The molecule has 1 N–H and O–H groups in total. The largest absolute Gasteiger partial charge is 0.469 e. The molecule has 0 spiro atoms. The minimum Gasteiger partial charge on any atom is -0.469 e. The Labute approximate surface area is 127 Å². The number of nitrogens with zero attached hydrogens (tertiary/aromatic N) is 1. The Morgan fingerprint density at radius 3 is 2.23 bits per heavy atom. The summed E-state index contributed by atoms with van der Waals surface area (Å²) in [6.07, 6.45) is -0.0710. The maximum atomic E-state index is 11.4. The summed E-state index contributed by atoms with van der Waals surface area (Å²) in [5.74, 6) is -0.965. The van der Waals surface area contributed by atoms with E-state index in [1.54, 1.807) is 18.2 Å². The number of nitro groups is 1. The molecule has 8 nitrogen and oxygen atoms in total. The molecule has 0 saturated heterocycles. The number of para-hydroxylation sites is 1. The molecule has 0 amide bonds. The molecule has 0 aliphatic rings. The maximum absolute atomic E-state index is 11.4. The van der Waals surface area contributed by atoms with Gasteiger partial charge < -0.3 is 14.8 Å². The van der Waals surface area contributed by atoms with E-state index in [9.17, 15) is 19.7 Å². The van der Waals surface area contributed by atoms with Gasteiger partial charge >= 0.3 is 11.9 Å². The fourth-order valence-electron chi connectivity index (χ4n) is 1.88. The molecule has 0 fully saturated rings. The van der Waals surface area contributed by atoms with Gasteiger partial charge in [0.1, 0.15) is 0 Å². The molecule has 0 bridgehead atoms.